The molecular weight excluding hydrogens is 620 g/mol. The lowest BCUT2D eigenvalue weighted by molar-refractivity contribution is 0.0447. The maximum Gasteiger partial charge on any atom is 0.343 e. The van der Waals surface area contributed by atoms with Gasteiger partial charge in [0, 0.05) is 0 Å². The Kier molecular flexibility index (Phi) is 20.7. The molecule has 3 aromatic rings. The molecule has 0 fully saturated rings. The standard InChI is InChI=1S/C45H64O5/c1-4-6-7-8-9-10-11-12-13-14-15-16-17-18-19-20-21-22-35-48-42-31-29-41(30-32-42)45(47)50-43-33-27-39(28-34-43)38-23-25-40(26-24-38)44(46)49-36-37(3)5-2/h23-34,37H,4-22,35-36H2,1-3H3. The average Bonchev–Trinajstić information content (AvgIpc) is 3.15. The monoisotopic (exact) mass is 684 g/mol. The fraction of sp³-hybridized carbons (Fsp3) is 0.556. The Labute approximate surface area is 303 Å². The predicted octanol–water partition coefficient (Wildman–Crippen LogP) is 13.2. The van der Waals surface area contributed by atoms with Crippen molar-refractivity contribution in [1.82, 2.24) is 0 Å². The minimum Gasteiger partial charge on any atom is -0.494 e. The van der Waals surface area contributed by atoms with Crippen LogP contribution < -0.4 is 9.47 Å². The third-order valence-corrected chi connectivity index (χ3v) is 9.57. The first-order valence-electron chi connectivity index (χ1n) is 19.8. The number of unbranched alkanes of at least 4 members (excludes halogenated alkanes) is 17. The molecule has 0 saturated carbocycles. The molecule has 0 aliphatic rings. The largest absolute Gasteiger partial charge is 0.494 e. The first-order chi connectivity index (χ1) is 24.5. The van der Waals surface area contributed by atoms with Gasteiger partial charge in [0.2, 0.25) is 0 Å². The first-order valence-corrected chi connectivity index (χ1v) is 19.8. The highest BCUT2D eigenvalue weighted by atomic mass is 16.5. The zero-order valence-corrected chi connectivity index (χ0v) is 31.4. The van der Waals surface area contributed by atoms with Gasteiger partial charge in [-0.2, -0.15) is 0 Å². The molecule has 3 aromatic carbocycles. The number of ether oxygens (including phenoxy) is 3. The fourth-order valence-corrected chi connectivity index (χ4v) is 5.98. The Balaban J connectivity index is 1.21. The molecule has 0 N–H and O–H groups in total. The van der Waals surface area contributed by atoms with Gasteiger partial charge in [0.05, 0.1) is 24.3 Å². The van der Waals surface area contributed by atoms with Crippen molar-refractivity contribution in [2.75, 3.05) is 13.2 Å². The second-order valence-corrected chi connectivity index (χ2v) is 14.0. The molecule has 0 amide bonds. The fourth-order valence-electron chi connectivity index (χ4n) is 5.98. The zero-order chi connectivity index (χ0) is 35.7. The summed E-state index contributed by atoms with van der Waals surface area (Å²) in [5, 5.41) is 0. The second-order valence-electron chi connectivity index (χ2n) is 14.0. The van der Waals surface area contributed by atoms with Crippen molar-refractivity contribution in [3.8, 4) is 22.6 Å². The average molecular weight is 685 g/mol. The van der Waals surface area contributed by atoms with Crippen LogP contribution >= 0.6 is 0 Å². The lowest BCUT2D eigenvalue weighted by Gasteiger charge is -2.10. The summed E-state index contributed by atoms with van der Waals surface area (Å²) in [7, 11) is 0. The molecule has 274 valence electrons. The Morgan fingerprint density at radius 2 is 0.900 bits per heavy atom. The van der Waals surface area contributed by atoms with Crippen LogP contribution in [0, 0.1) is 5.92 Å². The number of hydrogen-bond donors (Lipinski definition) is 0. The minimum atomic E-state index is -0.409. The molecule has 0 saturated heterocycles. The molecule has 5 nitrogen and oxygen atoms in total. The Morgan fingerprint density at radius 1 is 0.500 bits per heavy atom. The van der Waals surface area contributed by atoms with E-state index in [0.29, 0.717) is 36.0 Å². The third kappa shape index (κ3) is 16.9. The number of rotatable bonds is 27. The summed E-state index contributed by atoms with van der Waals surface area (Å²) < 4.78 is 16.9. The molecule has 0 aliphatic carbocycles. The summed E-state index contributed by atoms with van der Waals surface area (Å²) in [6, 6.07) is 21.8. The summed E-state index contributed by atoms with van der Waals surface area (Å²) in [5.74, 6) is 0.871. The molecule has 0 heterocycles. The number of hydrogen-bond acceptors (Lipinski definition) is 5. The number of esters is 2. The van der Waals surface area contributed by atoms with Crippen LogP contribution in [0.3, 0.4) is 0 Å². The van der Waals surface area contributed by atoms with E-state index in [1.165, 1.54) is 109 Å². The van der Waals surface area contributed by atoms with Crippen molar-refractivity contribution in [3.05, 3.63) is 83.9 Å². The Bertz CT molecular complexity index is 1310. The van der Waals surface area contributed by atoms with Crippen LogP contribution in [-0.4, -0.2) is 25.2 Å². The lowest BCUT2D eigenvalue weighted by Crippen LogP contribution is -2.11. The number of benzene rings is 3. The summed E-state index contributed by atoms with van der Waals surface area (Å²) in [6.07, 6.45) is 25.6. The molecule has 5 heteroatoms. The van der Waals surface area contributed by atoms with Gasteiger partial charge < -0.3 is 14.2 Å². The topological polar surface area (TPSA) is 61.8 Å². The van der Waals surface area contributed by atoms with Gasteiger partial charge in [-0.3, -0.25) is 0 Å². The Morgan fingerprint density at radius 3 is 1.38 bits per heavy atom. The summed E-state index contributed by atoms with van der Waals surface area (Å²) in [6.45, 7) is 7.55. The maximum absolute atomic E-state index is 12.7. The molecular formula is C45H64O5. The predicted molar refractivity (Wildman–Crippen MR) is 207 cm³/mol. The van der Waals surface area contributed by atoms with Crippen LogP contribution in [-0.2, 0) is 4.74 Å². The highest BCUT2D eigenvalue weighted by molar-refractivity contribution is 5.91. The van der Waals surface area contributed by atoms with Crippen molar-refractivity contribution < 1.29 is 23.8 Å². The van der Waals surface area contributed by atoms with Gasteiger partial charge in [0.25, 0.3) is 0 Å². The van der Waals surface area contributed by atoms with Crippen LogP contribution in [0.2, 0.25) is 0 Å². The molecule has 0 bridgehead atoms. The van der Waals surface area contributed by atoms with E-state index in [1.807, 2.05) is 36.4 Å². The van der Waals surface area contributed by atoms with Crippen LogP contribution in [0.5, 0.6) is 11.5 Å². The molecule has 0 radical (unpaired) electrons. The van der Waals surface area contributed by atoms with Crippen molar-refractivity contribution in [3.63, 3.8) is 0 Å². The van der Waals surface area contributed by atoms with Crippen LogP contribution in [0.4, 0.5) is 0 Å². The normalized spacial score (nSPS) is 11.7. The molecule has 3 rings (SSSR count). The van der Waals surface area contributed by atoms with Gasteiger partial charge in [-0.25, -0.2) is 9.59 Å². The van der Waals surface area contributed by atoms with Gasteiger partial charge in [-0.1, -0.05) is 161 Å². The van der Waals surface area contributed by atoms with Crippen LogP contribution in [0.25, 0.3) is 11.1 Å². The molecule has 0 spiro atoms. The SMILES string of the molecule is CCCCCCCCCCCCCCCCCCCCOc1ccc(C(=O)Oc2ccc(-c3ccc(C(=O)OCC(C)CC)cc3)cc2)cc1. The van der Waals surface area contributed by atoms with E-state index in [2.05, 4.69) is 20.8 Å². The van der Waals surface area contributed by atoms with E-state index in [9.17, 15) is 9.59 Å². The molecule has 50 heavy (non-hydrogen) atoms. The highest BCUT2D eigenvalue weighted by Gasteiger charge is 2.11. The van der Waals surface area contributed by atoms with Gasteiger partial charge in [0.15, 0.2) is 0 Å². The number of carbonyl (C=O) groups excluding carboxylic acids is 2. The van der Waals surface area contributed by atoms with Crippen molar-refractivity contribution in [1.29, 1.82) is 0 Å². The van der Waals surface area contributed by atoms with Crippen molar-refractivity contribution >= 4 is 11.9 Å². The first kappa shape index (κ1) is 40.8. The third-order valence-electron chi connectivity index (χ3n) is 9.57. The highest BCUT2D eigenvalue weighted by Crippen LogP contribution is 2.24. The molecule has 1 atom stereocenters. The van der Waals surface area contributed by atoms with Crippen molar-refractivity contribution in [2.45, 2.75) is 143 Å². The van der Waals surface area contributed by atoms with Gasteiger partial charge in [-0.15, -0.1) is 0 Å². The Hall–Kier alpha value is -3.60. The summed E-state index contributed by atoms with van der Waals surface area (Å²) in [4.78, 5) is 25.0. The molecule has 1 unspecified atom stereocenters. The van der Waals surface area contributed by atoms with E-state index < -0.39 is 5.97 Å². The zero-order valence-electron chi connectivity index (χ0n) is 31.4. The van der Waals surface area contributed by atoms with Crippen molar-refractivity contribution in [2.24, 2.45) is 5.92 Å². The second kappa shape index (κ2) is 25.4. The molecule has 0 aliphatic heterocycles. The van der Waals surface area contributed by atoms with E-state index in [4.69, 9.17) is 14.2 Å². The van der Waals surface area contributed by atoms with Gasteiger partial charge in [0.1, 0.15) is 11.5 Å². The van der Waals surface area contributed by atoms with Crippen LogP contribution in [0.15, 0.2) is 72.8 Å². The maximum atomic E-state index is 12.7. The van der Waals surface area contributed by atoms with E-state index in [0.717, 1.165) is 29.7 Å². The van der Waals surface area contributed by atoms with E-state index >= 15 is 0 Å². The minimum absolute atomic E-state index is 0.306. The van der Waals surface area contributed by atoms with Crippen LogP contribution in [0.1, 0.15) is 163 Å². The quantitative estimate of drug-likeness (QED) is 0.0454. The van der Waals surface area contributed by atoms with Gasteiger partial charge in [-0.05, 0) is 72.0 Å². The lowest BCUT2D eigenvalue weighted by atomic mass is 10.0. The van der Waals surface area contributed by atoms with E-state index in [1.54, 1.807) is 36.4 Å². The van der Waals surface area contributed by atoms with Gasteiger partial charge >= 0.3 is 11.9 Å². The smallest absolute Gasteiger partial charge is 0.343 e. The summed E-state index contributed by atoms with van der Waals surface area (Å²) >= 11 is 0. The van der Waals surface area contributed by atoms with E-state index in [-0.39, 0.29) is 5.97 Å². The summed E-state index contributed by atoms with van der Waals surface area (Å²) in [5.41, 5.74) is 2.93. The molecule has 0 aromatic heterocycles. The number of carbonyl (C=O) groups is 2.